The second-order valence-corrected chi connectivity index (χ2v) is 9.32. The molecule has 1 saturated carbocycles. The highest BCUT2D eigenvalue weighted by atomic mass is 32.2. The highest BCUT2D eigenvalue weighted by Gasteiger charge is 2.44. The lowest BCUT2D eigenvalue weighted by Gasteiger charge is -2.35. The number of benzene rings is 1. The predicted octanol–water partition coefficient (Wildman–Crippen LogP) is 1.29. The summed E-state index contributed by atoms with van der Waals surface area (Å²) < 4.78 is 26.8. The normalized spacial score (nSPS) is 20.3. The van der Waals surface area contributed by atoms with Gasteiger partial charge in [0.25, 0.3) is 5.91 Å². The van der Waals surface area contributed by atoms with Crippen LogP contribution in [0, 0.1) is 5.41 Å². The smallest absolute Gasteiger partial charge is 0.250 e. The van der Waals surface area contributed by atoms with Crippen molar-refractivity contribution in [3.05, 3.63) is 23.8 Å². The summed E-state index contributed by atoms with van der Waals surface area (Å²) in [6.07, 6.45) is 4.73. The van der Waals surface area contributed by atoms with Crippen molar-refractivity contribution in [2.45, 2.75) is 37.9 Å². The summed E-state index contributed by atoms with van der Waals surface area (Å²) in [5.74, 6) is -0.528. The van der Waals surface area contributed by atoms with Gasteiger partial charge in [-0.1, -0.05) is 0 Å². The van der Waals surface area contributed by atoms with Crippen molar-refractivity contribution >= 4 is 27.3 Å². The fourth-order valence-electron chi connectivity index (χ4n) is 3.33. The third-order valence-electron chi connectivity index (χ3n) is 5.43. The van der Waals surface area contributed by atoms with Gasteiger partial charge in [-0.05, 0) is 56.2 Å². The van der Waals surface area contributed by atoms with Crippen LogP contribution < -0.4 is 15.4 Å². The Morgan fingerprint density at radius 2 is 1.96 bits per heavy atom. The molecule has 8 heteroatoms. The lowest BCUT2D eigenvalue weighted by molar-refractivity contribution is 0.100. The number of amides is 1. The van der Waals surface area contributed by atoms with E-state index >= 15 is 0 Å². The van der Waals surface area contributed by atoms with E-state index in [0.717, 1.165) is 25.9 Å². The standard InChI is InChI=1S/C17H25N3O4S/c1-12(11-21)25(23,24)19-13-2-3-14(16(18)22)15(10-13)20-8-6-17(4-5-17)7-9-20/h2-3,10,12,19,21H,4-9,11H2,1H3,(H2,18,22)/t12-/m0/s1. The van der Waals surface area contributed by atoms with Crippen LogP contribution in [-0.4, -0.2) is 44.4 Å². The first-order valence-corrected chi connectivity index (χ1v) is 10.1. The first-order valence-electron chi connectivity index (χ1n) is 8.58. The van der Waals surface area contributed by atoms with Crippen molar-refractivity contribution in [2.24, 2.45) is 11.1 Å². The fourth-order valence-corrected chi connectivity index (χ4v) is 4.18. The lowest BCUT2D eigenvalue weighted by Crippen LogP contribution is -2.36. The van der Waals surface area contributed by atoms with E-state index in [0.29, 0.717) is 22.4 Å². The number of carbonyl (C=O) groups is 1. The van der Waals surface area contributed by atoms with E-state index < -0.39 is 27.8 Å². The topological polar surface area (TPSA) is 113 Å². The summed E-state index contributed by atoms with van der Waals surface area (Å²) in [6, 6.07) is 4.74. The maximum absolute atomic E-state index is 12.2. The van der Waals surface area contributed by atoms with Crippen LogP contribution in [0.1, 0.15) is 43.0 Å². The third-order valence-corrected chi connectivity index (χ3v) is 7.16. The summed E-state index contributed by atoms with van der Waals surface area (Å²) in [5.41, 5.74) is 7.42. The molecule has 1 heterocycles. The number of piperidine rings is 1. The van der Waals surface area contributed by atoms with Crippen molar-refractivity contribution in [1.82, 2.24) is 0 Å². The molecule has 4 N–H and O–H groups in total. The van der Waals surface area contributed by atoms with Gasteiger partial charge < -0.3 is 15.7 Å². The molecule has 2 fully saturated rings. The van der Waals surface area contributed by atoms with Gasteiger partial charge in [-0.15, -0.1) is 0 Å². The molecule has 0 aromatic heterocycles. The Hall–Kier alpha value is -1.80. The third kappa shape index (κ3) is 3.74. The number of primary amides is 1. The molecular formula is C17H25N3O4S. The Morgan fingerprint density at radius 3 is 2.48 bits per heavy atom. The monoisotopic (exact) mass is 367 g/mol. The predicted molar refractivity (Wildman–Crippen MR) is 97.2 cm³/mol. The minimum Gasteiger partial charge on any atom is -0.395 e. The minimum atomic E-state index is -3.69. The molecule has 3 rings (SSSR count). The van der Waals surface area contributed by atoms with Crippen LogP contribution in [0.25, 0.3) is 0 Å². The molecule has 7 nitrogen and oxygen atoms in total. The molecule has 1 aliphatic heterocycles. The quantitative estimate of drug-likeness (QED) is 0.701. The van der Waals surface area contributed by atoms with Crippen LogP contribution in [-0.2, 0) is 10.0 Å². The van der Waals surface area contributed by atoms with Gasteiger partial charge in [-0.25, -0.2) is 8.42 Å². The van der Waals surface area contributed by atoms with E-state index in [9.17, 15) is 13.2 Å². The maximum Gasteiger partial charge on any atom is 0.250 e. The Morgan fingerprint density at radius 1 is 1.32 bits per heavy atom. The molecule has 0 radical (unpaired) electrons. The Balaban J connectivity index is 1.86. The second-order valence-electron chi connectivity index (χ2n) is 7.22. The zero-order valence-corrected chi connectivity index (χ0v) is 15.2. The Kier molecular flexibility index (Phi) is 4.68. The summed E-state index contributed by atoms with van der Waals surface area (Å²) in [4.78, 5) is 13.9. The highest BCUT2D eigenvalue weighted by Crippen LogP contribution is 2.54. The number of nitrogens with zero attached hydrogens (tertiary/aromatic N) is 1. The van der Waals surface area contributed by atoms with Crippen molar-refractivity contribution < 1.29 is 18.3 Å². The van der Waals surface area contributed by atoms with Crippen LogP contribution in [0.3, 0.4) is 0 Å². The number of hydrogen-bond donors (Lipinski definition) is 3. The molecule has 0 bridgehead atoms. The molecule has 1 aromatic carbocycles. The second kappa shape index (κ2) is 6.49. The Labute approximate surface area is 148 Å². The van der Waals surface area contributed by atoms with Gasteiger partial charge in [0.1, 0.15) is 5.25 Å². The van der Waals surface area contributed by atoms with Gasteiger partial charge in [-0.3, -0.25) is 9.52 Å². The molecule has 1 atom stereocenters. The van der Waals surface area contributed by atoms with Crippen LogP contribution in [0.2, 0.25) is 0 Å². The molecule has 138 valence electrons. The van der Waals surface area contributed by atoms with Gasteiger partial charge in [0.15, 0.2) is 0 Å². The number of aliphatic hydroxyl groups excluding tert-OH is 1. The number of nitrogens with two attached hydrogens (primary N) is 1. The molecule has 1 saturated heterocycles. The number of rotatable bonds is 6. The van der Waals surface area contributed by atoms with E-state index in [-0.39, 0.29) is 0 Å². The zero-order valence-electron chi connectivity index (χ0n) is 14.4. The molecule has 0 unspecified atom stereocenters. The maximum atomic E-state index is 12.2. The van der Waals surface area contributed by atoms with Crippen LogP contribution in [0.4, 0.5) is 11.4 Å². The number of sulfonamides is 1. The average Bonchev–Trinajstić information content (AvgIpc) is 3.33. The van der Waals surface area contributed by atoms with Crippen LogP contribution in [0.5, 0.6) is 0 Å². The van der Waals surface area contributed by atoms with E-state index in [2.05, 4.69) is 9.62 Å². The number of hydrogen-bond acceptors (Lipinski definition) is 5. The molecule has 25 heavy (non-hydrogen) atoms. The van der Waals surface area contributed by atoms with E-state index in [1.54, 1.807) is 12.1 Å². The van der Waals surface area contributed by atoms with Crippen molar-refractivity contribution in [2.75, 3.05) is 29.3 Å². The number of aliphatic hydroxyl groups is 1. The summed E-state index contributed by atoms with van der Waals surface area (Å²) in [5, 5.41) is 8.17. The van der Waals surface area contributed by atoms with Crippen molar-refractivity contribution in [1.29, 1.82) is 0 Å². The van der Waals surface area contributed by atoms with Gasteiger partial charge in [0.05, 0.1) is 23.5 Å². The summed E-state index contributed by atoms with van der Waals surface area (Å²) in [7, 11) is -3.69. The van der Waals surface area contributed by atoms with Crippen molar-refractivity contribution in [3.63, 3.8) is 0 Å². The molecule has 1 amide bonds. The minimum absolute atomic E-state index is 0.368. The molecule has 1 aromatic rings. The van der Waals surface area contributed by atoms with Gasteiger partial charge in [0, 0.05) is 13.1 Å². The van der Waals surface area contributed by atoms with E-state index in [4.69, 9.17) is 10.8 Å². The molecule has 1 spiro atoms. The summed E-state index contributed by atoms with van der Waals surface area (Å²) >= 11 is 0. The largest absolute Gasteiger partial charge is 0.395 e. The highest BCUT2D eigenvalue weighted by molar-refractivity contribution is 7.93. The van der Waals surface area contributed by atoms with E-state index in [1.165, 1.54) is 25.8 Å². The summed E-state index contributed by atoms with van der Waals surface area (Å²) in [6.45, 7) is 2.64. The molecule has 1 aliphatic carbocycles. The first-order chi connectivity index (χ1) is 11.8. The van der Waals surface area contributed by atoms with Crippen LogP contribution in [0.15, 0.2) is 18.2 Å². The SMILES string of the molecule is C[C@@H](CO)S(=O)(=O)Nc1ccc(C(N)=O)c(N2CCC3(CC2)CC3)c1. The number of carbonyl (C=O) groups excluding carboxylic acids is 1. The average molecular weight is 367 g/mol. The lowest BCUT2D eigenvalue weighted by atomic mass is 9.93. The van der Waals surface area contributed by atoms with E-state index in [1.807, 2.05) is 0 Å². The van der Waals surface area contributed by atoms with Gasteiger partial charge in [0.2, 0.25) is 10.0 Å². The zero-order chi connectivity index (χ0) is 18.2. The van der Waals surface area contributed by atoms with Crippen molar-refractivity contribution in [3.8, 4) is 0 Å². The number of anilines is 2. The fraction of sp³-hybridized carbons (Fsp3) is 0.588. The van der Waals surface area contributed by atoms with Crippen LogP contribution >= 0.6 is 0 Å². The van der Waals surface area contributed by atoms with Gasteiger partial charge >= 0.3 is 0 Å². The molecular weight excluding hydrogens is 342 g/mol. The first kappa shape index (κ1) is 18.0. The number of nitrogens with one attached hydrogen (secondary N) is 1. The Bertz CT molecular complexity index is 764. The van der Waals surface area contributed by atoms with Gasteiger partial charge in [-0.2, -0.15) is 0 Å². The molecule has 2 aliphatic rings.